The third-order valence-electron chi connectivity index (χ3n) is 5.62. The summed E-state index contributed by atoms with van der Waals surface area (Å²) in [7, 11) is 1.61. The first-order chi connectivity index (χ1) is 13.7. The molecule has 0 unspecified atom stereocenters. The Morgan fingerprint density at radius 1 is 1.14 bits per heavy atom. The number of methoxy groups -OCH3 is 1. The molecule has 2 fully saturated rings. The van der Waals surface area contributed by atoms with Gasteiger partial charge in [-0.3, -0.25) is 4.79 Å². The van der Waals surface area contributed by atoms with Crippen LogP contribution in [0, 0.1) is 5.92 Å². The van der Waals surface area contributed by atoms with E-state index in [1.54, 1.807) is 13.3 Å². The van der Waals surface area contributed by atoms with Crippen molar-refractivity contribution in [1.82, 2.24) is 19.9 Å². The van der Waals surface area contributed by atoms with Gasteiger partial charge in [0.15, 0.2) is 0 Å². The standard InChI is InChI=1S/C21H23N5O2/c1-28-19-5-4-15(13-23-19)17-12-16-18(6-7-22-20(16)24-17)25-8-10-26(11-9-25)21(27)14-2-3-14/h4-7,12-14H,2-3,8-11H2,1H3,(H,22,24). The van der Waals surface area contributed by atoms with Crippen molar-refractivity contribution in [2.45, 2.75) is 12.8 Å². The van der Waals surface area contributed by atoms with Crippen molar-refractivity contribution in [3.63, 3.8) is 0 Å². The van der Waals surface area contributed by atoms with Crippen molar-refractivity contribution < 1.29 is 9.53 Å². The molecule has 0 bridgehead atoms. The van der Waals surface area contributed by atoms with Crippen molar-refractivity contribution in [2.24, 2.45) is 5.92 Å². The molecule has 5 rings (SSSR count). The van der Waals surface area contributed by atoms with Crippen LogP contribution >= 0.6 is 0 Å². The van der Waals surface area contributed by atoms with Gasteiger partial charge >= 0.3 is 0 Å². The number of piperazine rings is 1. The summed E-state index contributed by atoms with van der Waals surface area (Å²) in [5, 5.41) is 1.09. The normalized spacial score (nSPS) is 17.2. The van der Waals surface area contributed by atoms with Gasteiger partial charge < -0.3 is 19.5 Å². The Hall–Kier alpha value is -3.09. The van der Waals surface area contributed by atoms with Crippen molar-refractivity contribution in [3.8, 4) is 17.1 Å². The summed E-state index contributed by atoms with van der Waals surface area (Å²) < 4.78 is 5.14. The van der Waals surface area contributed by atoms with E-state index in [9.17, 15) is 4.79 Å². The number of aromatic nitrogens is 3. The molecule has 4 heterocycles. The van der Waals surface area contributed by atoms with Gasteiger partial charge in [-0.1, -0.05) is 0 Å². The van der Waals surface area contributed by atoms with Crippen LogP contribution in [-0.2, 0) is 4.79 Å². The predicted molar refractivity (Wildman–Crippen MR) is 107 cm³/mol. The maximum absolute atomic E-state index is 12.3. The first-order valence-corrected chi connectivity index (χ1v) is 9.75. The lowest BCUT2D eigenvalue weighted by atomic mass is 10.1. The molecule has 28 heavy (non-hydrogen) atoms. The summed E-state index contributed by atoms with van der Waals surface area (Å²) in [5.41, 5.74) is 3.99. The third-order valence-corrected chi connectivity index (χ3v) is 5.62. The van der Waals surface area contributed by atoms with E-state index < -0.39 is 0 Å². The lowest BCUT2D eigenvalue weighted by molar-refractivity contribution is -0.132. The SMILES string of the molecule is COc1ccc(-c2cc3c(N4CCN(C(=O)C5CC5)CC4)ccnc3[nH]2)cn1. The van der Waals surface area contributed by atoms with Gasteiger partial charge in [-0.25, -0.2) is 9.97 Å². The van der Waals surface area contributed by atoms with Crippen LogP contribution in [0.5, 0.6) is 5.88 Å². The topological polar surface area (TPSA) is 74.3 Å². The molecule has 0 radical (unpaired) electrons. The smallest absolute Gasteiger partial charge is 0.225 e. The molecule has 1 N–H and O–H groups in total. The molecular weight excluding hydrogens is 354 g/mol. The van der Waals surface area contributed by atoms with Gasteiger partial charge in [0.05, 0.1) is 7.11 Å². The number of amides is 1. The number of anilines is 1. The molecule has 3 aromatic rings. The van der Waals surface area contributed by atoms with E-state index in [1.165, 1.54) is 0 Å². The number of nitrogens with one attached hydrogen (secondary N) is 1. The number of pyridine rings is 2. The van der Waals surface area contributed by atoms with Crippen LogP contribution in [0.15, 0.2) is 36.7 Å². The number of hydrogen-bond donors (Lipinski definition) is 1. The average molecular weight is 377 g/mol. The van der Waals surface area contributed by atoms with Crippen LogP contribution < -0.4 is 9.64 Å². The van der Waals surface area contributed by atoms with Crippen molar-refractivity contribution >= 4 is 22.6 Å². The second kappa shape index (κ2) is 6.82. The van der Waals surface area contributed by atoms with E-state index in [-0.39, 0.29) is 0 Å². The average Bonchev–Trinajstić information content (AvgIpc) is 3.51. The zero-order valence-electron chi connectivity index (χ0n) is 15.9. The number of rotatable bonds is 4. The largest absolute Gasteiger partial charge is 0.481 e. The highest BCUT2D eigenvalue weighted by atomic mass is 16.5. The summed E-state index contributed by atoms with van der Waals surface area (Å²) in [5.74, 6) is 1.23. The van der Waals surface area contributed by atoms with Crippen LogP contribution in [-0.4, -0.2) is 59.0 Å². The first kappa shape index (κ1) is 17.0. The predicted octanol–water partition coefficient (Wildman–Crippen LogP) is 2.69. The molecule has 7 nitrogen and oxygen atoms in total. The monoisotopic (exact) mass is 377 g/mol. The molecule has 1 aliphatic heterocycles. The van der Waals surface area contributed by atoms with Gasteiger partial charge in [-0.2, -0.15) is 0 Å². The van der Waals surface area contributed by atoms with Gasteiger partial charge in [0.2, 0.25) is 11.8 Å². The molecule has 1 saturated heterocycles. The fourth-order valence-corrected chi connectivity index (χ4v) is 3.86. The van der Waals surface area contributed by atoms with Gasteiger partial charge in [0.25, 0.3) is 0 Å². The number of fused-ring (bicyclic) bond motifs is 1. The Morgan fingerprint density at radius 3 is 2.64 bits per heavy atom. The molecule has 1 amide bonds. The number of aromatic amines is 1. The van der Waals surface area contributed by atoms with E-state index in [1.807, 2.05) is 23.2 Å². The Kier molecular flexibility index (Phi) is 4.15. The quantitative estimate of drug-likeness (QED) is 0.757. The third kappa shape index (κ3) is 3.06. The van der Waals surface area contributed by atoms with E-state index >= 15 is 0 Å². The van der Waals surface area contributed by atoms with Crippen LogP contribution in [0.1, 0.15) is 12.8 Å². The molecule has 0 atom stereocenters. The lowest BCUT2D eigenvalue weighted by Gasteiger charge is -2.36. The summed E-state index contributed by atoms with van der Waals surface area (Å²) >= 11 is 0. The number of carbonyl (C=O) groups is 1. The molecule has 144 valence electrons. The van der Waals surface area contributed by atoms with Gasteiger partial charge in [0.1, 0.15) is 5.65 Å². The molecule has 1 aliphatic carbocycles. The minimum Gasteiger partial charge on any atom is -0.481 e. The maximum Gasteiger partial charge on any atom is 0.225 e. The van der Waals surface area contributed by atoms with Crippen LogP contribution in [0.2, 0.25) is 0 Å². The van der Waals surface area contributed by atoms with Crippen LogP contribution in [0.4, 0.5) is 5.69 Å². The van der Waals surface area contributed by atoms with Gasteiger partial charge in [-0.15, -0.1) is 0 Å². The molecule has 3 aromatic heterocycles. The molecule has 2 aliphatic rings. The van der Waals surface area contributed by atoms with E-state index in [0.717, 1.165) is 67.0 Å². The Morgan fingerprint density at radius 2 is 1.96 bits per heavy atom. The van der Waals surface area contributed by atoms with Gasteiger partial charge in [0, 0.05) is 72.9 Å². The molecule has 7 heteroatoms. The summed E-state index contributed by atoms with van der Waals surface area (Å²) in [6, 6.07) is 8.03. The molecule has 0 aromatic carbocycles. The summed E-state index contributed by atoms with van der Waals surface area (Å²) in [6.07, 6.45) is 5.77. The highest BCUT2D eigenvalue weighted by Crippen LogP contribution is 2.33. The fraction of sp³-hybridized carbons (Fsp3) is 0.381. The molecule has 0 spiro atoms. The van der Waals surface area contributed by atoms with E-state index in [4.69, 9.17) is 4.74 Å². The Labute approximate surface area is 163 Å². The number of carbonyl (C=O) groups excluding carboxylic acids is 1. The zero-order chi connectivity index (χ0) is 19.1. The molecule has 1 saturated carbocycles. The summed E-state index contributed by atoms with van der Waals surface area (Å²) in [4.78, 5) is 28.9. The number of ether oxygens (including phenoxy) is 1. The zero-order valence-corrected chi connectivity index (χ0v) is 15.9. The second-order valence-electron chi connectivity index (χ2n) is 7.45. The van der Waals surface area contributed by atoms with Crippen molar-refractivity contribution in [3.05, 3.63) is 36.7 Å². The number of nitrogens with zero attached hydrogens (tertiary/aromatic N) is 4. The highest BCUT2D eigenvalue weighted by molar-refractivity contribution is 5.94. The van der Waals surface area contributed by atoms with Crippen LogP contribution in [0.25, 0.3) is 22.3 Å². The van der Waals surface area contributed by atoms with Gasteiger partial charge in [-0.05, 0) is 31.0 Å². The maximum atomic E-state index is 12.3. The second-order valence-corrected chi connectivity index (χ2v) is 7.45. The number of H-pyrrole nitrogens is 1. The Bertz CT molecular complexity index is 1000. The number of hydrogen-bond acceptors (Lipinski definition) is 5. The van der Waals surface area contributed by atoms with Crippen LogP contribution in [0.3, 0.4) is 0 Å². The van der Waals surface area contributed by atoms with E-state index in [2.05, 4.69) is 32.0 Å². The molecular formula is C21H23N5O2. The van der Waals surface area contributed by atoms with Crippen molar-refractivity contribution in [2.75, 3.05) is 38.2 Å². The highest BCUT2D eigenvalue weighted by Gasteiger charge is 2.34. The fourth-order valence-electron chi connectivity index (χ4n) is 3.86. The first-order valence-electron chi connectivity index (χ1n) is 9.75. The minimum atomic E-state index is 0.296. The summed E-state index contributed by atoms with van der Waals surface area (Å²) in [6.45, 7) is 3.28. The van der Waals surface area contributed by atoms with Crippen molar-refractivity contribution in [1.29, 1.82) is 0 Å². The Balaban J connectivity index is 1.39. The lowest BCUT2D eigenvalue weighted by Crippen LogP contribution is -2.49. The minimum absolute atomic E-state index is 0.296. The van der Waals surface area contributed by atoms with E-state index in [0.29, 0.717) is 17.7 Å².